The van der Waals surface area contributed by atoms with Gasteiger partial charge in [0.15, 0.2) is 0 Å². The summed E-state index contributed by atoms with van der Waals surface area (Å²) < 4.78 is 1.67. The van der Waals surface area contributed by atoms with Crippen molar-refractivity contribution in [2.45, 2.75) is 19.1 Å². The summed E-state index contributed by atoms with van der Waals surface area (Å²) in [6.45, 7) is 2.61. The molecule has 1 aromatic heterocycles. The van der Waals surface area contributed by atoms with Gasteiger partial charge in [0.2, 0.25) is 0 Å². The summed E-state index contributed by atoms with van der Waals surface area (Å²) in [7, 11) is 0. The third-order valence-corrected chi connectivity index (χ3v) is 3.31. The van der Waals surface area contributed by atoms with E-state index < -0.39 is 5.60 Å². The third kappa shape index (κ3) is 2.03. The second kappa shape index (κ2) is 5.10. The highest BCUT2D eigenvalue weighted by Crippen LogP contribution is 2.33. The number of rotatable bonds is 4. The number of halogens is 1. The SMILES string of the molecule is CCn1ncc(Cl)c1C(O)(CN)c1ccccc1. The highest BCUT2D eigenvalue weighted by Gasteiger charge is 2.35. The molecule has 0 saturated heterocycles. The molecule has 5 heteroatoms. The number of nitrogens with two attached hydrogens (primary N) is 1. The van der Waals surface area contributed by atoms with E-state index in [2.05, 4.69) is 5.10 Å². The molecule has 0 bridgehead atoms. The van der Waals surface area contributed by atoms with Gasteiger partial charge in [-0.15, -0.1) is 0 Å². The molecule has 2 aromatic rings. The second-order valence-corrected chi connectivity index (χ2v) is 4.49. The van der Waals surface area contributed by atoms with E-state index in [1.54, 1.807) is 4.68 Å². The third-order valence-electron chi connectivity index (χ3n) is 3.03. The van der Waals surface area contributed by atoms with Crippen LogP contribution in [0.5, 0.6) is 0 Å². The Morgan fingerprint density at radius 3 is 2.61 bits per heavy atom. The van der Waals surface area contributed by atoms with Crippen molar-refractivity contribution in [3.63, 3.8) is 0 Å². The summed E-state index contributed by atoms with van der Waals surface area (Å²) in [5, 5.41) is 15.4. The van der Waals surface area contributed by atoms with Crippen LogP contribution in [0.1, 0.15) is 18.2 Å². The van der Waals surface area contributed by atoms with Crippen LogP contribution in [0.25, 0.3) is 0 Å². The molecule has 2 rings (SSSR count). The lowest BCUT2D eigenvalue weighted by atomic mass is 9.90. The van der Waals surface area contributed by atoms with Crippen LogP contribution < -0.4 is 5.73 Å². The van der Waals surface area contributed by atoms with Crippen molar-refractivity contribution >= 4 is 11.6 Å². The van der Waals surface area contributed by atoms with Crippen molar-refractivity contribution in [1.29, 1.82) is 0 Å². The van der Waals surface area contributed by atoms with E-state index in [0.717, 1.165) is 0 Å². The molecule has 4 nitrogen and oxygen atoms in total. The summed E-state index contributed by atoms with van der Waals surface area (Å²) in [5.41, 5.74) is 5.71. The predicted molar refractivity (Wildman–Crippen MR) is 71.4 cm³/mol. The molecule has 96 valence electrons. The van der Waals surface area contributed by atoms with Gasteiger partial charge in [-0.2, -0.15) is 5.10 Å². The number of aryl methyl sites for hydroxylation is 1. The molecule has 18 heavy (non-hydrogen) atoms. The largest absolute Gasteiger partial charge is 0.377 e. The fraction of sp³-hybridized carbons (Fsp3) is 0.308. The van der Waals surface area contributed by atoms with Gasteiger partial charge in [-0.1, -0.05) is 41.9 Å². The first-order valence-electron chi connectivity index (χ1n) is 5.83. The quantitative estimate of drug-likeness (QED) is 0.885. The van der Waals surface area contributed by atoms with Gasteiger partial charge in [-0.3, -0.25) is 4.68 Å². The molecular formula is C13H16ClN3O. The van der Waals surface area contributed by atoms with Crippen molar-refractivity contribution in [3.05, 3.63) is 52.8 Å². The van der Waals surface area contributed by atoms with Crippen LogP contribution in [0.2, 0.25) is 5.02 Å². The van der Waals surface area contributed by atoms with Crippen molar-refractivity contribution < 1.29 is 5.11 Å². The van der Waals surface area contributed by atoms with Gasteiger partial charge in [0.1, 0.15) is 5.60 Å². The Kier molecular flexibility index (Phi) is 3.71. The van der Waals surface area contributed by atoms with Crippen LogP contribution in [0.3, 0.4) is 0 Å². The van der Waals surface area contributed by atoms with Gasteiger partial charge in [-0.25, -0.2) is 0 Å². The smallest absolute Gasteiger partial charge is 0.145 e. The van der Waals surface area contributed by atoms with E-state index >= 15 is 0 Å². The highest BCUT2D eigenvalue weighted by molar-refractivity contribution is 6.31. The van der Waals surface area contributed by atoms with Crippen molar-refractivity contribution in [2.75, 3.05) is 6.54 Å². The molecule has 0 aliphatic carbocycles. The summed E-state index contributed by atoms with van der Waals surface area (Å²) in [4.78, 5) is 0. The Labute approximate surface area is 111 Å². The predicted octanol–water partition coefficient (Wildman–Crippen LogP) is 1.75. The van der Waals surface area contributed by atoms with Crippen LogP contribution in [-0.4, -0.2) is 21.4 Å². The lowest BCUT2D eigenvalue weighted by molar-refractivity contribution is 0.0802. The summed E-state index contributed by atoms with van der Waals surface area (Å²) in [6, 6.07) is 9.26. The zero-order chi connectivity index (χ0) is 13.2. The first kappa shape index (κ1) is 13.1. The van der Waals surface area contributed by atoms with Crippen molar-refractivity contribution in [3.8, 4) is 0 Å². The number of aliphatic hydroxyl groups is 1. The average molecular weight is 266 g/mol. The fourth-order valence-corrected chi connectivity index (χ4v) is 2.38. The van der Waals surface area contributed by atoms with Gasteiger partial charge in [-0.05, 0) is 12.5 Å². The number of nitrogens with zero attached hydrogens (tertiary/aromatic N) is 2. The first-order chi connectivity index (χ1) is 8.63. The Balaban J connectivity index is 2.60. The lowest BCUT2D eigenvalue weighted by Crippen LogP contribution is -2.38. The molecule has 3 N–H and O–H groups in total. The molecule has 0 radical (unpaired) electrons. The van der Waals surface area contributed by atoms with E-state index in [1.165, 1.54) is 6.20 Å². The van der Waals surface area contributed by atoms with Gasteiger partial charge < -0.3 is 10.8 Å². The van der Waals surface area contributed by atoms with Crippen LogP contribution in [0.15, 0.2) is 36.5 Å². The maximum absolute atomic E-state index is 10.9. The lowest BCUT2D eigenvalue weighted by Gasteiger charge is -2.28. The number of hydrogen-bond acceptors (Lipinski definition) is 3. The minimum atomic E-state index is -1.31. The molecule has 1 atom stereocenters. The molecule has 0 spiro atoms. The Bertz CT molecular complexity index is 526. The minimum absolute atomic E-state index is 0.0441. The molecule has 0 aliphatic rings. The monoisotopic (exact) mass is 265 g/mol. The van der Waals surface area contributed by atoms with Crippen molar-refractivity contribution in [1.82, 2.24) is 9.78 Å². The van der Waals surface area contributed by atoms with Crippen LogP contribution in [-0.2, 0) is 12.1 Å². The van der Waals surface area contributed by atoms with E-state index in [9.17, 15) is 5.11 Å². The van der Waals surface area contributed by atoms with Crippen LogP contribution in [0.4, 0.5) is 0 Å². The standard InChI is InChI=1S/C13H16ClN3O/c1-2-17-12(11(14)8-16-17)13(18,9-15)10-6-4-3-5-7-10/h3-8,18H,2,9,15H2,1H3. The Morgan fingerprint density at radius 1 is 1.39 bits per heavy atom. The number of benzene rings is 1. The minimum Gasteiger partial charge on any atom is -0.377 e. The molecule has 0 saturated carbocycles. The molecular weight excluding hydrogens is 250 g/mol. The van der Waals surface area contributed by atoms with Gasteiger partial charge in [0, 0.05) is 13.1 Å². The second-order valence-electron chi connectivity index (χ2n) is 4.09. The van der Waals surface area contributed by atoms with Gasteiger partial charge >= 0.3 is 0 Å². The molecule has 1 unspecified atom stereocenters. The molecule has 1 heterocycles. The zero-order valence-electron chi connectivity index (χ0n) is 10.2. The summed E-state index contributed by atoms with van der Waals surface area (Å²) in [5.74, 6) is 0. The Morgan fingerprint density at radius 2 is 2.06 bits per heavy atom. The van der Waals surface area contributed by atoms with Crippen LogP contribution >= 0.6 is 11.6 Å². The average Bonchev–Trinajstić information content (AvgIpc) is 2.80. The Hall–Kier alpha value is -1.36. The normalized spacial score (nSPS) is 14.4. The van der Waals surface area contributed by atoms with Gasteiger partial charge in [0.05, 0.1) is 16.9 Å². The highest BCUT2D eigenvalue weighted by atomic mass is 35.5. The zero-order valence-corrected chi connectivity index (χ0v) is 10.9. The summed E-state index contributed by atoms with van der Waals surface area (Å²) >= 11 is 6.14. The molecule has 1 aromatic carbocycles. The molecule has 0 amide bonds. The summed E-state index contributed by atoms with van der Waals surface area (Å²) in [6.07, 6.45) is 1.53. The molecule has 0 aliphatic heterocycles. The fourth-order valence-electron chi connectivity index (χ4n) is 2.08. The first-order valence-corrected chi connectivity index (χ1v) is 6.21. The number of hydrogen-bond donors (Lipinski definition) is 2. The topological polar surface area (TPSA) is 64.1 Å². The maximum Gasteiger partial charge on any atom is 0.145 e. The number of aromatic nitrogens is 2. The van der Waals surface area contributed by atoms with E-state index in [-0.39, 0.29) is 6.54 Å². The maximum atomic E-state index is 10.9. The van der Waals surface area contributed by atoms with E-state index in [4.69, 9.17) is 17.3 Å². The van der Waals surface area contributed by atoms with Gasteiger partial charge in [0.25, 0.3) is 0 Å². The van der Waals surface area contributed by atoms with E-state index in [0.29, 0.717) is 22.8 Å². The van der Waals surface area contributed by atoms with Crippen molar-refractivity contribution in [2.24, 2.45) is 5.73 Å². The van der Waals surface area contributed by atoms with E-state index in [1.807, 2.05) is 37.3 Å². The molecule has 0 fully saturated rings. The van der Waals surface area contributed by atoms with Crippen LogP contribution in [0, 0.1) is 0 Å².